The molecule has 150 valence electrons. The molecule has 0 amide bonds. The van der Waals surface area contributed by atoms with Gasteiger partial charge in [-0.2, -0.15) is 0 Å². The number of benzene rings is 5. The number of nitrogens with zero attached hydrogens (tertiary/aromatic N) is 1. The lowest BCUT2D eigenvalue weighted by molar-refractivity contribution is 0.630. The molecule has 3 heteroatoms. The second kappa shape index (κ2) is 6.59. The fraction of sp³-hybridized carbons (Fsp3) is 0. The third kappa shape index (κ3) is 2.52. The molecule has 0 saturated carbocycles. The van der Waals surface area contributed by atoms with Crippen molar-refractivity contribution in [1.82, 2.24) is 4.98 Å². The Bertz CT molecular complexity index is 1850. The van der Waals surface area contributed by atoms with E-state index in [1.165, 1.54) is 26.2 Å². The van der Waals surface area contributed by atoms with Crippen LogP contribution in [-0.2, 0) is 0 Å². The summed E-state index contributed by atoms with van der Waals surface area (Å²) in [5, 5.41) is 9.16. The second-order valence-electron chi connectivity index (χ2n) is 8.16. The Morgan fingerprint density at radius 1 is 0.562 bits per heavy atom. The van der Waals surface area contributed by atoms with Gasteiger partial charge in [0.25, 0.3) is 0 Å². The van der Waals surface area contributed by atoms with E-state index in [1.807, 2.05) is 29.7 Å². The lowest BCUT2D eigenvalue weighted by Crippen LogP contribution is -1.88. The van der Waals surface area contributed by atoms with E-state index < -0.39 is 0 Å². The first kappa shape index (κ1) is 17.8. The van der Waals surface area contributed by atoms with Gasteiger partial charge in [0.05, 0.1) is 5.69 Å². The van der Waals surface area contributed by atoms with Crippen molar-refractivity contribution in [3.63, 3.8) is 0 Å². The Balaban J connectivity index is 1.49. The maximum Gasteiger partial charge on any atom is 0.123 e. The van der Waals surface area contributed by atoms with Crippen LogP contribution >= 0.6 is 11.3 Å². The SMILES string of the molecule is Fc1ccc2c(ccc3c4ccnc(-c5ccc6c(c5)sc5ccccc56)c4ccc23)c1. The van der Waals surface area contributed by atoms with E-state index in [9.17, 15) is 4.39 Å². The summed E-state index contributed by atoms with van der Waals surface area (Å²) in [6.07, 6.45) is 1.89. The van der Waals surface area contributed by atoms with Crippen LogP contribution in [0, 0.1) is 5.82 Å². The summed E-state index contributed by atoms with van der Waals surface area (Å²) in [6.45, 7) is 0. The number of fused-ring (bicyclic) bond motifs is 8. The highest BCUT2D eigenvalue weighted by molar-refractivity contribution is 7.25. The molecule has 2 aromatic heterocycles. The van der Waals surface area contributed by atoms with E-state index in [4.69, 9.17) is 4.98 Å². The van der Waals surface area contributed by atoms with Crippen molar-refractivity contribution in [2.75, 3.05) is 0 Å². The van der Waals surface area contributed by atoms with Crippen LogP contribution < -0.4 is 0 Å². The number of rotatable bonds is 1. The average molecular weight is 430 g/mol. The molecule has 7 rings (SSSR count). The van der Waals surface area contributed by atoms with Crippen LogP contribution in [0.4, 0.5) is 4.39 Å². The molecule has 0 aliphatic carbocycles. The molecule has 0 radical (unpaired) electrons. The quantitative estimate of drug-likeness (QED) is 0.238. The van der Waals surface area contributed by atoms with Crippen LogP contribution in [0.2, 0.25) is 0 Å². The van der Waals surface area contributed by atoms with Crippen molar-refractivity contribution < 1.29 is 4.39 Å². The summed E-state index contributed by atoms with van der Waals surface area (Å²) in [4.78, 5) is 4.77. The molecule has 0 fully saturated rings. The zero-order valence-corrected chi connectivity index (χ0v) is 17.8. The van der Waals surface area contributed by atoms with Gasteiger partial charge in [-0.1, -0.05) is 60.7 Å². The predicted molar refractivity (Wildman–Crippen MR) is 135 cm³/mol. The Morgan fingerprint density at radius 3 is 2.25 bits per heavy atom. The molecule has 0 aliphatic rings. The zero-order valence-electron chi connectivity index (χ0n) is 17.0. The maximum atomic E-state index is 13.7. The number of halogens is 1. The number of aromatic nitrogens is 1. The highest BCUT2D eigenvalue weighted by atomic mass is 32.1. The van der Waals surface area contributed by atoms with Crippen LogP contribution in [-0.4, -0.2) is 4.98 Å². The molecule has 0 atom stereocenters. The molecule has 2 heterocycles. The molecular formula is C29H16FNS. The van der Waals surface area contributed by atoms with E-state index in [1.54, 1.807) is 6.07 Å². The van der Waals surface area contributed by atoms with Crippen molar-refractivity contribution in [2.45, 2.75) is 0 Å². The average Bonchev–Trinajstić information content (AvgIpc) is 3.20. The largest absolute Gasteiger partial charge is 0.256 e. The van der Waals surface area contributed by atoms with Gasteiger partial charge in [-0.05, 0) is 57.3 Å². The van der Waals surface area contributed by atoms with Crippen molar-refractivity contribution in [3.8, 4) is 11.3 Å². The fourth-order valence-corrected chi connectivity index (χ4v) is 6.03. The summed E-state index contributed by atoms with van der Waals surface area (Å²) in [7, 11) is 0. The highest BCUT2D eigenvalue weighted by Gasteiger charge is 2.12. The topological polar surface area (TPSA) is 12.9 Å². The van der Waals surface area contributed by atoms with Gasteiger partial charge in [0, 0.05) is 37.3 Å². The first-order valence-electron chi connectivity index (χ1n) is 10.6. The molecule has 0 saturated heterocycles. The van der Waals surface area contributed by atoms with Gasteiger partial charge in [0.2, 0.25) is 0 Å². The number of hydrogen-bond donors (Lipinski definition) is 0. The third-order valence-electron chi connectivity index (χ3n) is 6.37. The summed E-state index contributed by atoms with van der Waals surface area (Å²) in [5.41, 5.74) is 2.11. The van der Waals surface area contributed by atoms with Crippen LogP contribution in [0.1, 0.15) is 0 Å². The van der Waals surface area contributed by atoms with E-state index in [-0.39, 0.29) is 5.82 Å². The van der Waals surface area contributed by atoms with Crippen LogP contribution in [0.25, 0.3) is 63.7 Å². The molecule has 0 N–H and O–H groups in total. The number of hydrogen-bond acceptors (Lipinski definition) is 2. The van der Waals surface area contributed by atoms with Gasteiger partial charge in [-0.25, -0.2) is 4.39 Å². The number of thiophene rings is 1. The van der Waals surface area contributed by atoms with Crippen LogP contribution in [0.15, 0.2) is 97.2 Å². The molecular weight excluding hydrogens is 413 g/mol. The summed E-state index contributed by atoms with van der Waals surface area (Å²) in [6, 6.07) is 30.7. The van der Waals surface area contributed by atoms with Gasteiger partial charge in [0.15, 0.2) is 0 Å². The zero-order chi connectivity index (χ0) is 21.2. The number of pyridine rings is 1. The van der Waals surface area contributed by atoms with Crippen molar-refractivity contribution in [3.05, 3.63) is 103 Å². The summed E-state index contributed by atoms with van der Waals surface area (Å²) < 4.78 is 16.3. The predicted octanol–water partition coefficient (Wildman–Crippen LogP) is 8.72. The third-order valence-corrected chi connectivity index (χ3v) is 7.51. The Kier molecular flexibility index (Phi) is 3.67. The monoisotopic (exact) mass is 429 g/mol. The van der Waals surface area contributed by atoms with Gasteiger partial charge < -0.3 is 0 Å². The minimum Gasteiger partial charge on any atom is -0.256 e. The van der Waals surface area contributed by atoms with E-state index in [2.05, 4.69) is 66.7 Å². The Hall–Kier alpha value is -3.82. The normalized spacial score (nSPS) is 11.9. The first-order chi connectivity index (χ1) is 15.8. The standard InChI is InChI=1S/C29H16FNS/c30-19-7-10-20-17(15-19)5-8-22-21(20)11-12-26-23(22)13-14-31-29(26)18-6-9-25-24-3-1-2-4-27(24)32-28(25)16-18/h1-16H. The van der Waals surface area contributed by atoms with Gasteiger partial charge in [-0.15, -0.1) is 11.3 Å². The van der Waals surface area contributed by atoms with E-state index >= 15 is 0 Å². The van der Waals surface area contributed by atoms with E-state index in [0.29, 0.717) is 0 Å². The summed E-state index contributed by atoms with van der Waals surface area (Å²) in [5.74, 6) is -0.208. The minimum absolute atomic E-state index is 0.208. The van der Waals surface area contributed by atoms with Crippen molar-refractivity contribution in [1.29, 1.82) is 0 Å². The Morgan fingerprint density at radius 2 is 1.28 bits per heavy atom. The van der Waals surface area contributed by atoms with Gasteiger partial charge in [0.1, 0.15) is 5.82 Å². The molecule has 0 bridgehead atoms. The molecule has 32 heavy (non-hydrogen) atoms. The van der Waals surface area contributed by atoms with Crippen LogP contribution in [0.3, 0.4) is 0 Å². The molecule has 1 nitrogen and oxygen atoms in total. The molecule has 0 unspecified atom stereocenters. The van der Waals surface area contributed by atoms with Crippen molar-refractivity contribution in [2.24, 2.45) is 0 Å². The van der Waals surface area contributed by atoms with Gasteiger partial charge in [-0.3, -0.25) is 4.98 Å². The second-order valence-corrected chi connectivity index (χ2v) is 9.24. The van der Waals surface area contributed by atoms with E-state index in [0.717, 1.165) is 43.6 Å². The smallest absolute Gasteiger partial charge is 0.123 e. The summed E-state index contributed by atoms with van der Waals surface area (Å²) >= 11 is 1.82. The van der Waals surface area contributed by atoms with Crippen LogP contribution in [0.5, 0.6) is 0 Å². The minimum atomic E-state index is -0.208. The molecule has 7 aromatic rings. The maximum absolute atomic E-state index is 13.7. The molecule has 0 spiro atoms. The van der Waals surface area contributed by atoms with Crippen molar-refractivity contribution >= 4 is 63.8 Å². The highest BCUT2D eigenvalue weighted by Crippen LogP contribution is 2.39. The lowest BCUT2D eigenvalue weighted by Gasteiger charge is -2.11. The Labute approximate surface area is 187 Å². The fourth-order valence-electron chi connectivity index (χ4n) is 4.89. The molecule has 5 aromatic carbocycles. The van der Waals surface area contributed by atoms with Gasteiger partial charge >= 0.3 is 0 Å². The molecule has 0 aliphatic heterocycles. The lowest BCUT2D eigenvalue weighted by atomic mass is 9.95. The first-order valence-corrected chi connectivity index (χ1v) is 11.4.